The molecule has 3 rings (SSSR count). The number of amides is 1. The summed E-state index contributed by atoms with van der Waals surface area (Å²) in [6.45, 7) is 10.0. The number of aryl methyl sites for hydroxylation is 3. The van der Waals surface area contributed by atoms with E-state index in [1.807, 2.05) is 33.9 Å². The van der Waals surface area contributed by atoms with Crippen molar-refractivity contribution in [2.45, 2.75) is 26.8 Å². The molecular weight excluding hydrogens is 306 g/mol. The Labute approximate surface area is 142 Å². The zero-order chi connectivity index (χ0) is 17.3. The lowest BCUT2D eigenvalue weighted by Crippen LogP contribution is -2.46. The largest absolute Gasteiger partial charge is 0.379 e. The van der Waals surface area contributed by atoms with E-state index in [1.165, 1.54) is 0 Å². The average Bonchev–Trinajstić information content (AvgIpc) is 2.81. The Balaban J connectivity index is 1.73. The lowest BCUT2D eigenvalue weighted by molar-refractivity contribution is 0.0342. The Morgan fingerprint density at radius 1 is 1.33 bits per heavy atom. The van der Waals surface area contributed by atoms with Crippen LogP contribution in [0.15, 0.2) is 6.07 Å². The van der Waals surface area contributed by atoms with Gasteiger partial charge in [-0.3, -0.25) is 14.4 Å². The highest BCUT2D eigenvalue weighted by Crippen LogP contribution is 2.19. The predicted octanol–water partition coefficient (Wildman–Crippen LogP) is 1.04. The molecule has 1 saturated heterocycles. The van der Waals surface area contributed by atoms with E-state index in [0.717, 1.165) is 55.3 Å². The van der Waals surface area contributed by atoms with Gasteiger partial charge in [-0.25, -0.2) is 4.98 Å². The molecule has 1 aliphatic heterocycles. The van der Waals surface area contributed by atoms with Crippen molar-refractivity contribution in [1.29, 1.82) is 0 Å². The van der Waals surface area contributed by atoms with Gasteiger partial charge in [0.25, 0.3) is 5.91 Å². The monoisotopic (exact) mass is 331 g/mol. The lowest BCUT2D eigenvalue weighted by atomic mass is 10.1. The van der Waals surface area contributed by atoms with Gasteiger partial charge in [-0.15, -0.1) is 0 Å². The number of fused-ring (bicyclic) bond motifs is 1. The van der Waals surface area contributed by atoms with E-state index in [0.29, 0.717) is 5.56 Å². The van der Waals surface area contributed by atoms with Crippen LogP contribution < -0.4 is 5.32 Å². The SMILES string of the molecule is Cc1nc2c(cc1C(=O)N[C@H](C)CN1CCOCC1)c(C)nn2C. The predicted molar refractivity (Wildman–Crippen MR) is 92.2 cm³/mol. The molecule has 7 heteroatoms. The van der Waals surface area contributed by atoms with E-state index in [-0.39, 0.29) is 11.9 Å². The van der Waals surface area contributed by atoms with Gasteiger partial charge in [0.15, 0.2) is 5.65 Å². The van der Waals surface area contributed by atoms with E-state index in [4.69, 9.17) is 4.74 Å². The maximum atomic E-state index is 12.7. The maximum absolute atomic E-state index is 12.7. The van der Waals surface area contributed by atoms with Crippen LogP contribution in [-0.2, 0) is 11.8 Å². The van der Waals surface area contributed by atoms with Crippen LogP contribution in [0.4, 0.5) is 0 Å². The van der Waals surface area contributed by atoms with Gasteiger partial charge in [0.1, 0.15) is 0 Å². The zero-order valence-corrected chi connectivity index (χ0v) is 14.8. The van der Waals surface area contributed by atoms with Crippen molar-refractivity contribution in [2.75, 3.05) is 32.8 Å². The number of rotatable bonds is 4. The van der Waals surface area contributed by atoms with Crippen molar-refractivity contribution in [3.05, 3.63) is 23.0 Å². The molecule has 1 amide bonds. The molecule has 0 bridgehead atoms. The molecule has 1 N–H and O–H groups in total. The van der Waals surface area contributed by atoms with Crippen molar-refractivity contribution in [3.63, 3.8) is 0 Å². The molecule has 0 spiro atoms. The van der Waals surface area contributed by atoms with Crippen molar-refractivity contribution in [2.24, 2.45) is 7.05 Å². The molecule has 1 atom stereocenters. The lowest BCUT2D eigenvalue weighted by Gasteiger charge is -2.29. The van der Waals surface area contributed by atoms with Crippen LogP contribution >= 0.6 is 0 Å². The fraction of sp³-hybridized carbons (Fsp3) is 0.588. The summed E-state index contributed by atoms with van der Waals surface area (Å²) < 4.78 is 7.11. The molecular formula is C17H25N5O2. The van der Waals surface area contributed by atoms with Crippen molar-refractivity contribution in [1.82, 2.24) is 25.0 Å². The van der Waals surface area contributed by atoms with E-state index >= 15 is 0 Å². The number of carbonyl (C=O) groups is 1. The third-order valence-corrected chi connectivity index (χ3v) is 4.45. The number of morpholine rings is 1. The van der Waals surface area contributed by atoms with Crippen LogP contribution in [0.2, 0.25) is 0 Å². The van der Waals surface area contributed by atoms with Crippen LogP contribution in [0.5, 0.6) is 0 Å². The summed E-state index contributed by atoms with van der Waals surface area (Å²) >= 11 is 0. The number of pyridine rings is 1. The summed E-state index contributed by atoms with van der Waals surface area (Å²) in [4.78, 5) is 19.5. The number of ether oxygens (including phenoxy) is 1. The normalized spacial score (nSPS) is 17.2. The highest BCUT2D eigenvalue weighted by Gasteiger charge is 2.19. The quantitative estimate of drug-likeness (QED) is 0.906. The smallest absolute Gasteiger partial charge is 0.253 e. The van der Waals surface area contributed by atoms with E-state index in [1.54, 1.807) is 4.68 Å². The first-order chi connectivity index (χ1) is 11.5. The molecule has 0 aromatic carbocycles. The highest BCUT2D eigenvalue weighted by molar-refractivity contribution is 5.98. The highest BCUT2D eigenvalue weighted by atomic mass is 16.5. The molecule has 7 nitrogen and oxygen atoms in total. The summed E-state index contributed by atoms with van der Waals surface area (Å²) in [5, 5.41) is 8.39. The number of nitrogens with one attached hydrogen (secondary N) is 1. The van der Waals surface area contributed by atoms with Gasteiger partial charge in [-0.1, -0.05) is 0 Å². The standard InChI is InChI=1S/C17H25N5O2/c1-11(10-22-5-7-24-8-6-22)18-17(23)15-9-14-13(3)20-21(4)16(14)19-12(15)2/h9,11H,5-8,10H2,1-4H3,(H,18,23)/t11-/m1/s1. The molecule has 3 heterocycles. The molecule has 0 radical (unpaired) electrons. The first-order valence-corrected chi connectivity index (χ1v) is 8.37. The average molecular weight is 331 g/mol. The van der Waals surface area contributed by atoms with Crippen molar-refractivity contribution >= 4 is 16.9 Å². The molecule has 24 heavy (non-hydrogen) atoms. The summed E-state index contributed by atoms with van der Waals surface area (Å²) in [5.74, 6) is -0.0779. The minimum absolute atomic E-state index is 0.0701. The third kappa shape index (κ3) is 3.42. The van der Waals surface area contributed by atoms with Gasteiger partial charge in [-0.2, -0.15) is 5.10 Å². The number of nitrogens with zero attached hydrogens (tertiary/aromatic N) is 4. The Bertz CT molecular complexity index is 749. The molecule has 2 aromatic rings. The summed E-state index contributed by atoms with van der Waals surface area (Å²) in [6, 6.07) is 1.97. The third-order valence-electron chi connectivity index (χ3n) is 4.45. The maximum Gasteiger partial charge on any atom is 0.253 e. The minimum atomic E-state index is -0.0779. The van der Waals surface area contributed by atoms with Gasteiger partial charge in [0.2, 0.25) is 0 Å². The molecule has 2 aromatic heterocycles. The first kappa shape index (κ1) is 16.9. The second-order valence-corrected chi connectivity index (χ2v) is 6.49. The number of carbonyl (C=O) groups excluding carboxylic acids is 1. The van der Waals surface area contributed by atoms with Crippen molar-refractivity contribution in [3.8, 4) is 0 Å². The van der Waals surface area contributed by atoms with Gasteiger partial charge in [0.05, 0.1) is 30.2 Å². The van der Waals surface area contributed by atoms with Gasteiger partial charge < -0.3 is 10.1 Å². The fourth-order valence-corrected chi connectivity index (χ4v) is 3.18. The van der Waals surface area contributed by atoms with E-state index < -0.39 is 0 Å². The summed E-state index contributed by atoms with van der Waals surface area (Å²) in [7, 11) is 1.87. The van der Waals surface area contributed by atoms with Crippen LogP contribution in [0, 0.1) is 13.8 Å². The van der Waals surface area contributed by atoms with E-state index in [2.05, 4.69) is 20.3 Å². The topological polar surface area (TPSA) is 72.3 Å². The Morgan fingerprint density at radius 3 is 2.75 bits per heavy atom. The van der Waals surface area contributed by atoms with Crippen molar-refractivity contribution < 1.29 is 9.53 Å². The second kappa shape index (κ2) is 6.86. The molecule has 0 unspecified atom stereocenters. The Kier molecular flexibility index (Phi) is 4.82. The fourth-order valence-electron chi connectivity index (χ4n) is 3.18. The van der Waals surface area contributed by atoms with Crippen LogP contribution in [-0.4, -0.2) is 64.5 Å². The molecule has 130 valence electrons. The van der Waals surface area contributed by atoms with Gasteiger partial charge in [-0.05, 0) is 26.8 Å². The van der Waals surface area contributed by atoms with Gasteiger partial charge in [0, 0.05) is 38.1 Å². The van der Waals surface area contributed by atoms with Crippen LogP contribution in [0.1, 0.15) is 28.7 Å². The summed E-state index contributed by atoms with van der Waals surface area (Å²) in [6.07, 6.45) is 0. The Hall–Kier alpha value is -1.99. The number of aromatic nitrogens is 3. The molecule has 0 aliphatic carbocycles. The zero-order valence-electron chi connectivity index (χ0n) is 14.8. The summed E-state index contributed by atoms with van der Waals surface area (Å²) in [5.41, 5.74) is 3.03. The number of hydrogen-bond donors (Lipinski definition) is 1. The first-order valence-electron chi connectivity index (χ1n) is 8.37. The van der Waals surface area contributed by atoms with Crippen LogP contribution in [0.3, 0.4) is 0 Å². The minimum Gasteiger partial charge on any atom is -0.379 e. The van der Waals surface area contributed by atoms with E-state index in [9.17, 15) is 4.79 Å². The van der Waals surface area contributed by atoms with Gasteiger partial charge >= 0.3 is 0 Å². The molecule has 1 fully saturated rings. The second-order valence-electron chi connectivity index (χ2n) is 6.49. The molecule has 1 aliphatic rings. The Morgan fingerprint density at radius 2 is 2.04 bits per heavy atom. The number of hydrogen-bond acceptors (Lipinski definition) is 5. The van der Waals surface area contributed by atoms with Crippen LogP contribution in [0.25, 0.3) is 11.0 Å². The molecule has 0 saturated carbocycles.